The van der Waals surface area contributed by atoms with Gasteiger partial charge in [0.1, 0.15) is 5.92 Å². The molecule has 2 heterocycles. The summed E-state index contributed by atoms with van der Waals surface area (Å²) < 4.78 is 0. The summed E-state index contributed by atoms with van der Waals surface area (Å²) in [4.78, 5) is 36.1. The average molecular weight is 351 g/mol. The molecule has 9 nitrogen and oxygen atoms in total. The van der Waals surface area contributed by atoms with Gasteiger partial charge in [-0.1, -0.05) is 13.3 Å². The number of nitrogens with zero attached hydrogens (tertiary/aromatic N) is 4. The maximum atomic E-state index is 12.8. The van der Waals surface area contributed by atoms with E-state index in [9.17, 15) is 19.8 Å². The molecule has 25 heavy (non-hydrogen) atoms. The van der Waals surface area contributed by atoms with Gasteiger partial charge >= 0.3 is 0 Å². The van der Waals surface area contributed by atoms with Crippen LogP contribution in [0.25, 0.3) is 0 Å². The zero-order valence-electron chi connectivity index (χ0n) is 14.5. The lowest BCUT2D eigenvalue weighted by molar-refractivity contribution is -0.208. The fraction of sp³-hybridized carbons (Fsp3) is 0.625. The molecule has 2 amide bonds. The molecule has 9 heteroatoms. The number of hydrogen-bond donors (Lipinski definition) is 3. The number of aliphatic hydroxyl groups is 2. The van der Waals surface area contributed by atoms with E-state index >= 15 is 0 Å². The Morgan fingerprint density at radius 3 is 2.52 bits per heavy atom. The molecule has 0 spiro atoms. The minimum absolute atomic E-state index is 0.156. The second kappa shape index (κ2) is 7.75. The first-order chi connectivity index (χ1) is 11.8. The van der Waals surface area contributed by atoms with Crippen LogP contribution < -0.4 is 10.6 Å². The van der Waals surface area contributed by atoms with Crippen LogP contribution >= 0.6 is 0 Å². The molecule has 4 N–H and O–H groups in total. The topological polar surface area (TPSA) is 133 Å². The van der Waals surface area contributed by atoms with Crippen LogP contribution in [0.2, 0.25) is 0 Å². The van der Waals surface area contributed by atoms with Crippen molar-refractivity contribution in [2.75, 3.05) is 24.5 Å². The van der Waals surface area contributed by atoms with Crippen LogP contribution in [-0.4, -0.2) is 68.4 Å². The van der Waals surface area contributed by atoms with Crippen molar-refractivity contribution in [3.63, 3.8) is 0 Å². The molecule has 0 saturated carbocycles. The maximum absolute atomic E-state index is 12.8. The molecule has 1 aliphatic rings. The molecule has 1 aromatic rings. The third kappa shape index (κ3) is 4.05. The van der Waals surface area contributed by atoms with Crippen LogP contribution in [0.1, 0.15) is 26.7 Å². The summed E-state index contributed by atoms with van der Waals surface area (Å²) in [5.74, 6) is -5.35. The van der Waals surface area contributed by atoms with Gasteiger partial charge in [0.25, 0.3) is 11.7 Å². The number of piperazine rings is 1. The molecule has 1 fully saturated rings. The number of rotatable bonds is 6. The van der Waals surface area contributed by atoms with Crippen molar-refractivity contribution in [2.24, 2.45) is 11.7 Å². The summed E-state index contributed by atoms with van der Waals surface area (Å²) >= 11 is 0. The van der Waals surface area contributed by atoms with Gasteiger partial charge in [0.15, 0.2) is 0 Å². The summed E-state index contributed by atoms with van der Waals surface area (Å²) in [6.45, 7) is 5.05. The van der Waals surface area contributed by atoms with Crippen molar-refractivity contribution in [3.05, 3.63) is 18.5 Å². The van der Waals surface area contributed by atoms with E-state index in [1.54, 1.807) is 30.3 Å². The van der Waals surface area contributed by atoms with Gasteiger partial charge in [-0.2, -0.15) is 0 Å². The van der Waals surface area contributed by atoms with E-state index in [4.69, 9.17) is 5.73 Å². The van der Waals surface area contributed by atoms with E-state index in [0.717, 1.165) is 0 Å². The largest absolute Gasteiger partial charge is 0.365 e. The molecule has 138 valence electrons. The zero-order valence-corrected chi connectivity index (χ0v) is 14.5. The number of aromatic nitrogens is 2. The average Bonchev–Trinajstić information content (AvgIpc) is 2.59. The Morgan fingerprint density at radius 2 is 2.00 bits per heavy atom. The van der Waals surface area contributed by atoms with Crippen LogP contribution in [0.4, 0.5) is 5.95 Å². The third-order valence-electron chi connectivity index (χ3n) is 4.47. The van der Waals surface area contributed by atoms with Gasteiger partial charge < -0.3 is 25.7 Å². The number of anilines is 1. The van der Waals surface area contributed by atoms with Gasteiger partial charge in [0.05, 0.1) is 0 Å². The highest BCUT2D eigenvalue weighted by atomic mass is 16.5. The normalized spacial score (nSPS) is 19.6. The lowest BCUT2D eigenvalue weighted by Gasteiger charge is -2.42. The van der Waals surface area contributed by atoms with Crippen molar-refractivity contribution in [2.45, 2.75) is 38.5 Å². The number of nitrogens with two attached hydrogens (primary N) is 1. The molecule has 0 bridgehead atoms. The zero-order chi connectivity index (χ0) is 18.6. The van der Waals surface area contributed by atoms with Gasteiger partial charge in [0.2, 0.25) is 11.9 Å². The van der Waals surface area contributed by atoms with Crippen molar-refractivity contribution in [1.82, 2.24) is 14.9 Å². The van der Waals surface area contributed by atoms with Crippen molar-refractivity contribution < 1.29 is 19.8 Å². The predicted molar refractivity (Wildman–Crippen MR) is 90.2 cm³/mol. The van der Waals surface area contributed by atoms with E-state index in [2.05, 4.69) is 9.97 Å². The molecule has 1 saturated heterocycles. The molecule has 0 aliphatic carbocycles. The Balaban J connectivity index is 2.12. The first-order valence-corrected chi connectivity index (χ1v) is 8.36. The first kappa shape index (κ1) is 19.1. The molecule has 2 atom stereocenters. The Morgan fingerprint density at radius 1 is 1.36 bits per heavy atom. The highest BCUT2D eigenvalue weighted by Crippen LogP contribution is 2.25. The van der Waals surface area contributed by atoms with Crippen LogP contribution in [-0.2, 0) is 9.59 Å². The minimum Gasteiger partial charge on any atom is -0.365 e. The highest BCUT2D eigenvalue weighted by molar-refractivity contribution is 5.90. The van der Waals surface area contributed by atoms with Crippen LogP contribution in [0.5, 0.6) is 0 Å². The van der Waals surface area contributed by atoms with Crippen molar-refractivity contribution >= 4 is 17.8 Å². The van der Waals surface area contributed by atoms with Crippen LogP contribution in [0.3, 0.4) is 0 Å². The molecular weight excluding hydrogens is 326 g/mol. The third-order valence-corrected chi connectivity index (χ3v) is 4.47. The molecule has 2 rings (SSSR count). The Kier molecular flexibility index (Phi) is 5.91. The van der Waals surface area contributed by atoms with E-state index in [-0.39, 0.29) is 12.5 Å². The molecule has 0 radical (unpaired) electrons. The number of hydrogen-bond acceptors (Lipinski definition) is 7. The molecule has 1 aliphatic heterocycles. The van der Waals surface area contributed by atoms with Gasteiger partial charge in [-0.3, -0.25) is 9.59 Å². The summed E-state index contributed by atoms with van der Waals surface area (Å²) in [6, 6.07) is 1.53. The lowest BCUT2D eigenvalue weighted by Crippen LogP contribution is -2.61. The van der Waals surface area contributed by atoms with Gasteiger partial charge in [-0.15, -0.1) is 0 Å². The standard InChI is InChI=1S/C16H25N5O4/c1-3-5-12(16(24,25)14(17)23)13(22)21-9-8-20(10-11(21)2)15-18-6-4-7-19-15/h4,6-7,11-12,24-25H,3,5,8-10H2,1-2H3,(H2,17,23)/t11-,12?/m1/s1. The highest BCUT2D eigenvalue weighted by Gasteiger charge is 2.47. The van der Waals surface area contributed by atoms with E-state index in [1.807, 2.05) is 11.8 Å². The van der Waals surface area contributed by atoms with E-state index in [1.165, 1.54) is 0 Å². The van der Waals surface area contributed by atoms with Crippen molar-refractivity contribution in [3.8, 4) is 0 Å². The van der Waals surface area contributed by atoms with Crippen LogP contribution in [0.15, 0.2) is 18.5 Å². The minimum atomic E-state index is -2.85. The second-order valence-electron chi connectivity index (χ2n) is 6.31. The maximum Gasteiger partial charge on any atom is 0.278 e. The summed E-state index contributed by atoms with van der Waals surface area (Å²) in [6.07, 6.45) is 3.98. The quantitative estimate of drug-likeness (QED) is 0.565. The van der Waals surface area contributed by atoms with Gasteiger partial charge in [0, 0.05) is 38.1 Å². The molecular formula is C16H25N5O4. The number of carbonyl (C=O) groups is 2. The monoisotopic (exact) mass is 351 g/mol. The second-order valence-corrected chi connectivity index (χ2v) is 6.31. The van der Waals surface area contributed by atoms with Crippen molar-refractivity contribution in [1.29, 1.82) is 0 Å². The summed E-state index contributed by atoms with van der Waals surface area (Å²) in [5.41, 5.74) is 5.07. The Labute approximate surface area is 146 Å². The van der Waals surface area contributed by atoms with Crippen LogP contribution in [0, 0.1) is 5.92 Å². The fourth-order valence-electron chi connectivity index (χ4n) is 3.08. The molecule has 1 aromatic heterocycles. The molecule has 0 aromatic carbocycles. The molecule has 1 unspecified atom stereocenters. The Hall–Kier alpha value is -2.26. The van der Waals surface area contributed by atoms with E-state index < -0.39 is 23.5 Å². The summed E-state index contributed by atoms with van der Waals surface area (Å²) in [5, 5.41) is 20.0. The Bertz CT molecular complexity index is 610. The smallest absolute Gasteiger partial charge is 0.278 e. The van der Waals surface area contributed by atoms with E-state index in [0.29, 0.717) is 32.0 Å². The fourth-order valence-corrected chi connectivity index (χ4v) is 3.08. The predicted octanol–water partition coefficient (Wildman–Crippen LogP) is -0.904. The first-order valence-electron chi connectivity index (χ1n) is 8.36. The lowest BCUT2D eigenvalue weighted by atomic mass is 9.90. The van der Waals surface area contributed by atoms with Gasteiger partial charge in [-0.05, 0) is 19.4 Å². The number of carbonyl (C=O) groups excluding carboxylic acids is 2. The number of amides is 2. The van der Waals surface area contributed by atoms with Gasteiger partial charge in [-0.25, -0.2) is 9.97 Å². The SMILES string of the molecule is CCCC(C(=O)N1CCN(c2ncccn2)C[C@H]1C)C(O)(O)C(N)=O. The number of primary amides is 1. The summed E-state index contributed by atoms with van der Waals surface area (Å²) in [7, 11) is 0.